The van der Waals surface area contributed by atoms with Crippen LogP contribution in [-0.2, 0) is 0 Å². The van der Waals surface area contributed by atoms with Gasteiger partial charge < -0.3 is 5.73 Å². The van der Waals surface area contributed by atoms with Gasteiger partial charge in [0.15, 0.2) is 0 Å². The summed E-state index contributed by atoms with van der Waals surface area (Å²) >= 11 is 3.22. The van der Waals surface area contributed by atoms with Crippen LogP contribution >= 0.6 is 15.9 Å². The van der Waals surface area contributed by atoms with Gasteiger partial charge in [0.25, 0.3) is 0 Å². The van der Waals surface area contributed by atoms with Gasteiger partial charge in [-0.15, -0.1) is 0 Å². The lowest BCUT2D eigenvalue weighted by molar-refractivity contribution is 0.622. The molecule has 2 N–H and O–H groups in total. The maximum absolute atomic E-state index is 13.8. The van der Waals surface area contributed by atoms with Gasteiger partial charge in [0, 0.05) is 10.0 Å². The van der Waals surface area contributed by atoms with Crippen LogP contribution in [0.3, 0.4) is 0 Å². The molecule has 0 heterocycles. The normalized spacial score (nSPS) is 10.1. The van der Waals surface area contributed by atoms with Crippen molar-refractivity contribution < 1.29 is 8.78 Å². The van der Waals surface area contributed by atoms with Crippen molar-refractivity contribution in [1.29, 1.82) is 0 Å². The third-order valence-corrected chi connectivity index (χ3v) is 3.38. The molecule has 0 aliphatic rings. The average molecular weight is 336 g/mol. The Labute approximate surface area is 124 Å². The van der Waals surface area contributed by atoms with Crippen molar-refractivity contribution in [1.82, 2.24) is 0 Å². The number of rotatable bonds is 0. The standard InChI is InChI=1S/C16H12BrF2N/c1-9-6-12(17)8-14(18)13(9)4-3-11-5-10(2)16(20)15(19)7-11/h5-8H,20H2,1-2H3. The Bertz CT molecular complexity index is 696. The molecule has 0 aliphatic carbocycles. The van der Waals surface area contributed by atoms with E-state index in [1.54, 1.807) is 26.0 Å². The topological polar surface area (TPSA) is 26.0 Å². The highest BCUT2D eigenvalue weighted by Gasteiger charge is 2.06. The zero-order valence-corrected chi connectivity index (χ0v) is 12.6. The molecule has 1 nitrogen and oxygen atoms in total. The van der Waals surface area contributed by atoms with Crippen molar-refractivity contribution in [3.63, 3.8) is 0 Å². The molecule has 0 radical (unpaired) electrons. The molecule has 0 bridgehead atoms. The first-order valence-corrected chi connectivity index (χ1v) is 6.71. The number of nitrogen functional groups attached to an aromatic ring is 1. The number of anilines is 1. The quantitative estimate of drug-likeness (QED) is 0.563. The molecule has 0 unspecified atom stereocenters. The lowest BCUT2D eigenvalue weighted by atomic mass is 10.1. The van der Waals surface area contributed by atoms with Crippen LogP contribution in [0.15, 0.2) is 28.7 Å². The Balaban J connectivity index is 2.47. The van der Waals surface area contributed by atoms with Gasteiger partial charge in [0.1, 0.15) is 11.6 Å². The Morgan fingerprint density at radius 2 is 1.65 bits per heavy atom. The van der Waals surface area contributed by atoms with E-state index < -0.39 is 11.6 Å². The van der Waals surface area contributed by atoms with Gasteiger partial charge in [-0.2, -0.15) is 0 Å². The molecule has 0 aliphatic heterocycles. The van der Waals surface area contributed by atoms with Crippen LogP contribution in [0, 0.1) is 37.3 Å². The molecule has 0 atom stereocenters. The Morgan fingerprint density at radius 1 is 0.950 bits per heavy atom. The Hall–Kier alpha value is -1.86. The summed E-state index contributed by atoms with van der Waals surface area (Å²) in [5.41, 5.74) is 7.76. The van der Waals surface area contributed by atoms with Crippen molar-refractivity contribution in [2.45, 2.75) is 13.8 Å². The molecule has 0 saturated carbocycles. The predicted molar refractivity (Wildman–Crippen MR) is 80.4 cm³/mol. The van der Waals surface area contributed by atoms with E-state index in [0.717, 1.165) is 5.56 Å². The van der Waals surface area contributed by atoms with Crippen LogP contribution in [0.25, 0.3) is 0 Å². The minimum atomic E-state index is -0.512. The van der Waals surface area contributed by atoms with E-state index in [0.29, 0.717) is 21.2 Å². The van der Waals surface area contributed by atoms with Crippen LogP contribution in [-0.4, -0.2) is 0 Å². The van der Waals surface area contributed by atoms with E-state index in [-0.39, 0.29) is 5.69 Å². The van der Waals surface area contributed by atoms with E-state index >= 15 is 0 Å². The van der Waals surface area contributed by atoms with Crippen molar-refractivity contribution >= 4 is 21.6 Å². The van der Waals surface area contributed by atoms with Gasteiger partial charge in [-0.05, 0) is 49.2 Å². The second-order valence-electron chi connectivity index (χ2n) is 4.52. The minimum absolute atomic E-state index is 0.113. The van der Waals surface area contributed by atoms with E-state index in [1.165, 1.54) is 12.1 Å². The highest BCUT2D eigenvalue weighted by molar-refractivity contribution is 9.10. The molecule has 102 valence electrons. The molecule has 2 aromatic rings. The van der Waals surface area contributed by atoms with Crippen LogP contribution in [0.5, 0.6) is 0 Å². The van der Waals surface area contributed by atoms with Crippen molar-refractivity contribution in [3.05, 3.63) is 62.6 Å². The Kier molecular flexibility index (Phi) is 4.10. The fraction of sp³-hybridized carbons (Fsp3) is 0.125. The molecule has 2 rings (SSSR count). The first kappa shape index (κ1) is 14.5. The van der Waals surface area contributed by atoms with Gasteiger partial charge in [0.2, 0.25) is 0 Å². The number of benzene rings is 2. The smallest absolute Gasteiger partial charge is 0.147 e. The molecule has 20 heavy (non-hydrogen) atoms. The van der Waals surface area contributed by atoms with E-state index in [9.17, 15) is 8.78 Å². The lowest BCUT2D eigenvalue weighted by Crippen LogP contribution is -1.95. The molecule has 0 aromatic heterocycles. The summed E-state index contributed by atoms with van der Waals surface area (Å²) in [6.07, 6.45) is 0. The molecular weight excluding hydrogens is 324 g/mol. The number of halogens is 3. The summed E-state index contributed by atoms with van der Waals surface area (Å²) < 4.78 is 28.0. The van der Waals surface area contributed by atoms with Gasteiger partial charge in [-0.1, -0.05) is 27.8 Å². The second-order valence-corrected chi connectivity index (χ2v) is 5.43. The van der Waals surface area contributed by atoms with Gasteiger partial charge in [0.05, 0.1) is 11.3 Å². The average Bonchev–Trinajstić information content (AvgIpc) is 2.34. The zero-order chi connectivity index (χ0) is 14.9. The molecular formula is C16H12BrF2N. The summed E-state index contributed by atoms with van der Waals surface area (Å²) in [7, 11) is 0. The molecule has 0 fully saturated rings. The summed E-state index contributed by atoms with van der Waals surface area (Å²) in [6.45, 7) is 3.47. The van der Waals surface area contributed by atoms with E-state index in [2.05, 4.69) is 27.8 Å². The van der Waals surface area contributed by atoms with Crippen molar-refractivity contribution in [2.75, 3.05) is 5.73 Å². The third-order valence-electron chi connectivity index (χ3n) is 2.92. The number of aryl methyl sites for hydroxylation is 2. The van der Waals surface area contributed by atoms with Crippen molar-refractivity contribution in [3.8, 4) is 11.8 Å². The third kappa shape index (κ3) is 3.00. The molecule has 4 heteroatoms. The lowest BCUT2D eigenvalue weighted by Gasteiger charge is -2.03. The first-order valence-electron chi connectivity index (χ1n) is 5.92. The second kappa shape index (κ2) is 5.64. The fourth-order valence-corrected chi connectivity index (χ4v) is 2.37. The summed E-state index contributed by atoms with van der Waals surface area (Å²) in [5, 5.41) is 0. The number of nitrogens with two attached hydrogens (primary N) is 1. The first-order chi connectivity index (χ1) is 9.38. The summed E-state index contributed by atoms with van der Waals surface area (Å²) in [6, 6.07) is 6.06. The number of hydrogen-bond acceptors (Lipinski definition) is 1. The maximum Gasteiger partial charge on any atom is 0.147 e. The van der Waals surface area contributed by atoms with Crippen LogP contribution in [0.2, 0.25) is 0 Å². The van der Waals surface area contributed by atoms with Gasteiger partial charge in [-0.3, -0.25) is 0 Å². The molecule has 0 spiro atoms. The van der Waals surface area contributed by atoms with Gasteiger partial charge in [-0.25, -0.2) is 8.78 Å². The number of hydrogen-bond donors (Lipinski definition) is 1. The Morgan fingerprint density at radius 3 is 2.25 bits per heavy atom. The highest BCUT2D eigenvalue weighted by Crippen LogP contribution is 2.20. The largest absolute Gasteiger partial charge is 0.396 e. The molecule has 2 aromatic carbocycles. The van der Waals surface area contributed by atoms with Crippen LogP contribution in [0.4, 0.5) is 14.5 Å². The van der Waals surface area contributed by atoms with Crippen LogP contribution in [0.1, 0.15) is 22.3 Å². The monoisotopic (exact) mass is 335 g/mol. The molecule has 0 saturated heterocycles. The highest BCUT2D eigenvalue weighted by atomic mass is 79.9. The predicted octanol–water partition coefficient (Wildman–Crippen LogP) is 4.33. The van der Waals surface area contributed by atoms with Crippen LogP contribution < -0.4 is 5.73 Å². The summed E-state index contributed by atoms with van der Waals surface area (Å²) in [5.74, 6) is 4.60. The summed E-state index contributed by atoms with van der Waals surface area (Å²) in [4.78, 5) is 0. The molecule has 0 amide bonds. The SMILES string of the molecule is Cc1cc(C#Cc2c(C)cc(Br)cc2F)cc(F)c1N. The van der Waals surface area contributed by atoms with Gasteiger partial charge >= 0.3 is 0 Å². The van der Waals surface area contributed by atoms with Crippen molar-refractivity contribution in [2.24, 2.45) is 0 Å². The maximum atomic E-state index is 13.8. The minimum Gasteiger partial charge on any atom is -0.396 e. The van der Waals surface area contributed by atoms with E-state index in [1.807, 2.05) is 0 Å². The fourth-order valence-electron chi connectivity index (χ4n) is 1.82. The zero-order valence-electron chi connectivity index (χ0n) is 11.0. The van der Waals surface area contributed by atoms with E-state index in [4.69, 9.17) is 5.73 Å².